The Morgan fingerprint density at radius 1 is 1.35 bits per heavy atom. The predicted octanol–water partition coefficient (Wildman–Crippen LogP) is 4.60. The van der Waals surface area contributed by atoms with Gasteiger partial charge in [-0.2, -0.15) is 0 Å². The summed E-state index contributed by atoms with van der Waals surface area (Å²) in [5.74, 6) is 0.646. The maximum atomic E-state index is 13.5. The molecule has 0 saturated carbocycles. The molecule has 2 nitrogen and oxygen atoms in total. The molecule has 20 heavy (non-hydrogen) atoms. The SMILES string of the molecule is CCCCCC1(C)CC(NCC)c2cc(F)ccc2O1. The molecular formula is C17H26FNO. The van der Waals surface area contributed by atoms with Crippen molar-refractivity contribution in [3.63, 3.8) is 0 Å². The molecule has 0 amide bonds. The Hall–Kier alpha value is -1.09. The fourth-order valence-electron chi connectivity index (χ4n) is 3.06. The van der Waals surface area contributed by atoms with Gasteiger partial charge in [0.05, 0.1) is 0 Å². The van der Waals surface area contributed by atoms with Crippen molar-refractivity contribution in [2.24, 2.45) is 0 Å². The van der Waals surface area contributed by atoms with E-state index in [9.17, 15) is 4.39 Å². The fourth-order valence-corrected chi connectivity index (χ4v) is 3.06. The minimum Gasteiger partial charge on any atom is -0.487 e. The molecule has 1 N–H and O–H groups in total. The van der Waals surface area contributed by atoms with Crippen molar-refractivity contribution in [1.29, 1.82) is 0 Å². The number of fused-ring (bicyclic) bond motifs is 1. The first kappa shape index (κ1) is 15.3. The van der Waals surface area contributed by atoms with Crippen LogP contribution in [0.25, 0.3) is 0 Å². The Balaban J connectivity index is 2.19. The van der Waals surface area contributed by atoms with Gasteiger partial charge in [0.15, 0.2) is 0 Å². The van der Waals surface area contributed by atoms with E-state index in [0.717, 1.165) is 30.7 Å². The third-order valence-corrected chi connectivity index (χ3v) is 4.10. The molecule has 0 radical (unpaired) electrons. The highest BCUT2D eigenvalue weighted by Crippen LogP contribution is 2.41. The summed E-state index contributed by atoms with van der Waals surface area (Å²) >= 11 is 0. The highest BCUT2D eigenvalue weighted by atomic mass is 19.1. The van der Waals surface area contributed by atoms with Crippen LogP contribution < -0.4 is 10.1 Å². The first-order valence-electron chi connectivity index (χ1n) is 7.80. The van der Waals surface area contributed by atoms with Crippen molar-refractivity contribution in [2.45, 2.75) is 64.5 Å². The number of unbranched alkanes of at least 4 members (excludes halogenated alkanes) is 2. The van der Waals surface area contributed by atoms with Crippen LogP contribution in [0.15, 0.2) is 18.2 Å². The van der Waals surface area contributed by atoms with Crippen molar-refractivity contribution >= 4 is 0 Å². The van der Waals surface area contributed by atoms with Gasteiger partial charge < -0.3 is 10.1 Å². The molecule has 1 aliphatic heterocycles. The molecule has 0 fully saturated rings. The second-order valence-corrected chi connectivity index (χ2v) is 6.01. The van der Waals surface area contributed by atoms with Crippen LogP contribution in [-0.4, -0.2) is 12.1 Å². The Morgan fingerprint density at radius 2 is 2.15 bits per heavy atom. The van der Waals surface area contributed by atoms with Gasteiger partial charge in [-0.1, -0.05) is 26.7 Å². The van der Waals surface area contributed by atoms with E-state index in [4.69, 9.17) is 4.74 Å². The zero-order chi connectivity index (χ0) is 14.6. The topological polar surface area (TPSA) is 21.3 Å². The standard InChI is InChI=1S/C17H26FNO/c1-4-6-7-10-17(3)12-15(19-5-2)14-11-13(18)8-9-16(14)20-17/h8-9,11,15,19H,4-7,10,12H2,1-3H3. The van der Waals surface area contributed by atoms with Gasteiger partial charge in [-0.15, -0.1) is 0 Å². The van der Waals surface area contributed by atoms with Crippen molar-refractivity contribution in [2.75, 3.05) is 6.54 Å². The second-order valence-electron chi connectivity index (χ2n) is 6.01. The average Bonchev–Trinajstić information content (AvgIpc) is 2.40. The number of nitrogens with one attached hydrogen (secondary N) is 1. The van der Waals surface area contributed by atoms with E-state index in [-0.39, 0.29) is 17.5 Å². The number of hydrogen-bond acceptors (Lipinski definition) is 2. The largest absolute Gasteiger partial charge is 0.487 e. The lowest BCUT2D eigenvalue weighted by molar-refractivity contribution is 0.0374. The van der Waals surface area contributed by atoms with Gasteiger partial charge in [0.2, 0.25) is 0 Å². The normalized spacial score (nSPS) is 25.1. The Kier molecular flexibility index (Phi) is 5.03. The maximum Gasteiger partial charge on any atom is 0.125 e. The molecule has 3 heteroatoms. The van der Waals surface area contributed by atoms with E-state index >= 15 is 0 Å². The van der Waals surface area contributed by atoms with Crippen molar-refractivity contribution in [3.05, 3.63) is 29.6 Å². The summed E-state index contributed by atoms with van der Waals surface area (Å²) in [7, 11) is 0. The van der Waals surface area contributed by atoms with Gasteiger partial charge in [-0.3, -0.25) is 0 Å². The zero-order valence-corrected chi connectivity index (χ0v) is 12.8. The molecule has 0 bridgehead atoms. The van der Waals surface area contributed by atoms with Crippen molar-refractivity contribution in [1.82, 2.24) is 5.32 Å². The van der Waals surface area contributed by atoms with E-state index in [0.29, 0.717) is 0 Å². The predicted molar refractivity (Wildman–Crippen MR) is 80.6 cm³/mol. The van der Waals surface area contributed by atoms with E-state index in [1.165, 1.54) is 25.3 Å². The van der Waals surface area contributed by atoms with Crippen LogP contribution in [0.1, 0.15) is 64.5 Å². The zero-order valence-electron chi connectivity index (χ0n) is 12.8. The van der Waals surface area contributed by atoms with Crippen molar-refractivity contribution in [3.8, 4) is 5.75 Å². The smallest absolute Gasteiger partial charge is 0.125 e. The van der Waals surface area contributed by atoms with E-state index in [2.05, 4.69) is 26.1 Å². The summed E-state index contributed by atoms with van der Waals surface area (Å²) in [6.45, 7) is 7.36. The van der Waals surface area contributed by atoms with Crippen LogP contribution in [0.5, 0.6) is 5.75 Å². The molecule has 2 rings (SSSR count). The van der Waals surface area contributed by atoms with Crippen LogP contribution in [0.2, 0.25) is 0 Å². The van der Waals surface area contributed by atoms with Gasteiger partial charge in [0, 0.05) is 18.0 Å². The number of halogens is 1. The molecule has 2 unspecified atom stereocenters. The highest BCUT2D eigenvalue weighted by Gasteiger charge is 2.36. The third-order valence-electron chi connectivity index (χ3n) is 4.10. The monoisotopic (exact) mass is 279 g/mol. The van der Waals surface area contributed by atoms with E-state index in [1.807, 2.05) is 0 Å². The quantitative estimate of drug-likeness (QED) is 0.768. The fraction of sp³-hybridized carbons (Fsp3) is 0.647. The molecule has 1 aromatic carbocycles. The minimum absolute atomic E-state index is 0.146. The van der Waals surface area contributed by atoms with E-state index < -0.39 is 0 Å². The summed E-state index contributed by atoms with van der Waals surface area (Å²) in [6, 6.07) is 5.05. The summed E-state index contributed by atoms with van der Waals surface area (Å²) < 4.78 is 19.7. The molecule has 112 valence electrons. The number of hydrogen-bond donors (Lipinski definition) is 1. The molecular weight excluding hydrogens is 253 g/mol. The van der Waals surface area contributed by atoms with Gasteiger partial charge >= 0.3 is 0 Å². The molecule has 0 aliphatic carbocycles. The van der Waals surface area contributed by atoms with Crippen LogP contribution in [0.4, 0.5) is 4.39 Å². The van der Waals surface area contributed by atoms with Gasteiger partial charge in [-0.25, -0.2) is 4.39 Å². The molecule has 1 aliphatic rings. The highest BCUT2D eigenvalue weighted by molar-refractivity contribution is 5.39. The Bertz CT molecular complexity index is 449. The first-order chi connectivity index (χ1) is 9.58. The molecule has 0 saturated heterocycles. The molecule has 1 heterocycles. The summed E-state index contributed by atoms with van der Waals surface area (Å²) in [5, 5.41) is 3.47. The van der Waals surface area contributed by atoms with Crippen LogP contribution in [0, 0.1) is 5.82 Å². The summed E-state index contributed by atoms with van der Waals surface area (Å²) in [5.41, 5.74) is 0.812. The molecule has 1 aromatic rings. The van der Waals surface area contributed by atoms with Crippen LogP contribution in [0.3, 0.4) is 0 Å². The third kappa shape index (κ3) is 3.51. The molecule has 2 atom stereocenters. The number of rotatable bonds is 6. The van der Waals surface area contributed by atoms with Crippen molar-refractivity contribution < 1.29 is 9.13 Å². The summed E-state index contributed by atoms with van der Waals surface area (Å²) in [4.78, 5) is 0. The Labute approximate surface area is 121 Å². The lowest BCUT2D eigenvalue weighted by Gasteiger charge is -2.40. The number of ether oxygens (including phenoxy) is 1. The minimum atomic E-state index is -0.190. The maximum absolute atomic E-state index is 13.5. The molecule has 0 spiro atoms. The average molecular weight is 279 g/mol. The Morgan fingerprint density at radius 3 is 2.85 bits per heavy atom. The first-order valence-corrected chi connectivity index (χ1v) is 7.80. The summed E-state index contributed by atoms with van der Waals surface area (Å²) in [6.07, 6.45) is 5.60. The van der Waals surface area contributed by atoms with Gasteiger partial charge in [0.1, 0.15) is 17.2 Å². The van der Waals surface area contributed by atoms with Gasteiger partial charge in [-0.05, 0) is 44.5 Å². The lowest BCUT2D eigenvalue weighted by atomic mass is 9.85. The van der Waals surface area contributed by atoms with Crippen LogP contribution >= 0.6 is 0 Å². The van der Waals surface area contributed by atoms with Crippen LogP contribution in [-0.2, 0) is 0 Å². The lowest BCUT2D eigenvalue weighted by Crippen LogP contribution is -2.42. The molecule has 0 aromatic heterocycles. The van der Waals surface area contributed by atoms with Gasteiger partial charge in [0.25, 0.3) is 0 Å². The van der Waals surface area contributed by atoms with E-state index in [1.54, 1.807) is 12.1 Å². The second kappa shape index (κ2) is 6.57. The number of benzene rings is 1.